The van der Waals surface area contributed by atoms with Crippen molar-refractivity contribution in [2.24, 2.45) is 5.92 Å². The van der Waals surface area contributed by atoms with E-state index in [0.717, 1.165) is 23.7 Å². The Bertz CT molecular complexity index is 1080. The zero-order valence-corrected chi connectivity index (χ0v) is 19.2. The van der Waals surface area contributed by atoms with Crippen molar-refractivity contribution >= 4 is 17.5 Å². The third-order valence-electron chi connectivity index (χ3n) is 6.68. The van der Waals surface area contributed by atoms with E-state index < -0.39 is 0 Å². The van der Waals surface area contributed by atoms with E-state index >= 15 is 0 Å². The molecule has 2 saturated heterocycles. The fourth-order valence-corrected chi connectivity index (χ4v) is 5.06. The molecule has 0 bridgehead atoms. The van der Waals surface area contributed by atoms with Gasteiger partial charge >= 0.3 is 0 Å². The van der Waals surface area contributed by atoms with E-state index in [1.54, 1.807) is 18.0 Å². The van der Waals surface area contributed by atoms with E-state index in [-0.39, 0.29) is 0 Å². The van der Waals surface area contributed by atoms with Crippen LogP contribution >= 0.6 is 0 Å². The molecule has 2 aliphatic heterocycles. The average molecular weight is 450 g/mol. The van der Waals surface area contributed by atoms with Crippen LogP contribution in [-0.2, 0) is 0 Å². The quantitative estimate of drug-likeness (QED) is 0.562. The predicted molar refractivity (Wildman–Crippen MR) is 126 cm³/mol. The lowest BCUT2D eigenvalue weighted by Crippen LogP contribution is -2.49. The molecule has 33 heavy (non-hydrogen) atoms. The fraction of sp³-hybridized carbons (Fsp3) is 0.522. The molecule has 3 aromatic rings. The first-order valence-corrected chi connectivity index (χ1v) is 11.7. The minimum absolute atomic E-state index is 0.524. The van der Waals surface area contributed by atoms with Gasteiger partial charge in [0, 0.05) is 36.6 Å². The van der Waals surface area contributed by atoms with Gasteiger partial charge in [0.05, 0.1) is 12.8 Å². The number of hydrogen-bond acceptors (Lipinski definition) is 9. The summed E-state index contributed by atoms with van der Waals surface area (Å²) in [5, 5.41) is 18.6. The third kappa shape index (κ3) is 4.90. The van der Waals surface area contributed by atoms with Crippen LogP contribution in [0.5, 0.6) is 5.75 Å². The number of fused-ring (bicyclic) bond motifs is 1. The maximum absolute atomic E-state index is 5.46. The summed E-state index contributed by atoms with van der Waals surface area (Å²) in [5.41, 5.74) is 1.59. The summed E-state index contributed by atoms with van der Waals surface area (Å²) < 4.78 is 7.12. The lowest BCUT2D eigenvalue weighted by molar-refractivity contribution is 0.0649. The van der Waals surface area contributed by atoms with Gasteiger partial charge in [0.2, 0.25) is 5.95 Å². The number of anilines is 3. The molecule has 4 heterocycles. The van der Waals surface area contributed by atoms with Crippen molar-refractivity contribution in [3.05, 3.63) is 36.3 Å². The molecule has 2 aromatic heterocycles. The molecule has 0 unspecified atom stereocenters. The maximum Gasteiger partial charge on any atom is 0.229 e. The van der Waals surface area contributed by atoms with Crippen molar-refractivity contribution in [3.63, 3.8) is 0 Å². The summed E-state index contributed by atoms with van der Waals surface area (Å²) in [6.45, 7) is 5.31. The second-order valence-corrected chi connectivity index (χ2v) is 8.83. The summed E-state index contributed by atoms with van der Waals surface area (Å²) in [7, 11) is 1.63. The van der Waals surface area contributed by atoms with Crippen molar-refractivity contribution in [2.45, 2.75) is 45.1 Å². The van der Waals surface area contributed by atoms with Gasteiger partial charge in [-0.3, -0.25) is 0 Å². The van der Waals surface area contributed by atoms with E-state index in [1.165, 1.54) is 45.2 Å². The number of benzene rings is 1. The molecule has 0 amide bonds. The van der Waals surface area contributed by atoms with Gasteiger partial charge in [0.15, 0.2) is 5.82 Å². The van der Waals surface area contributed by atoms with E-state index in [0.29, 0.717) is 29.5 Å². The molecule has 1 aromatic carbocycles. The summed E-state index contributed by atoms with van der Waals surface area (Å²) in [6, 6.07) is 8.35. The Morgan fingerprint density at radius 1 is 1.12 bits per heavy atom. The molecule has 10 nitrogen and oxygen atoms in total. The molecule has 2 fully saturated rings. The number of tetrazole rings is 1. The summed E-state index contributed by atoms with van der Waals surface area (Å²) >= 11 is 0. The van der Waals surface area contributed by atoms with Crippen LogP contribution in [0.25, 0.3) is 5.69 Å². The Morgan fingerprint density at radius 3 is 2.88 bits per heavy atom. The molecule has 5 rings (SSSR count). The molecule has 2 atom stereocenters. The molecule has 2 aliphatic rings. The fourth-order valence-electron chi connectivity index (χ4n) is 5.06. The Balaban J connectivity index is 1.28. The summed E-state index contributed by atoms with van der Waals surface area (Å²) in [5.74, 6) is 3.41. The number of methoxy groups -OCH3 is 1. The Labute approximate surface area is 193 Å². The second kappa shape index (κ2) is 9.70. The minimum Gasteiger partial charge on any atom is -0.497 e. The number of hydrogen-bond donors (Lipinski definition) is 2. The number of aryl methyl sites for hydroxylation is 1. The molecular formula is C23H31N9O. The van der Waals surface area contributed by atoms with Crippen molar-refractivity contribution in [1.29, 1.82) is 0 Å². The minimum atomic E-state index is 0.524. The van der Waals surface area contributed by atoms with Gasteiger partial charge in [0.1, 0.15) is 11.6 Å². The molecular weight excluding hydrogens is 418 g/mol. The predicted octanol–water partition coefficient (Wildman–Crippen LogP) is 3.19. The van der Waals surface area contributed by atoms with Crippen LogP contribution in [0.2, 0.25) is 0 Å². The van der Waals surface area contributed by atoms with E-state index in [9.17, 15) is 0 Å². The normalized spacial score (nSPS) is 20.8. The number of nitrogens with zero attached hydrogens (tertiary/aromatic N) is 7. The van der Waals surface area contributed by atoms with Gasteiger partial charge in [-0.15, -0.1) is 5.10 Å². The van der Waals surface area contributed by atoms with Gasteiger partial charge < -0.3 is 20.3 Å². The van der Waals surface area contributed by atoms with Crippen LogP contribution in [0.1, 0.15) is 37.9 Å². The highest BCUT2D eigenvalue weighted by Crippen LogP contribution is 2.31. The molecule has 2 N–H and O–H groups in total. The number of rotatable bonds is 7. The molecule has 174 valence electrons. The lowest BCUT2D eigenvalue weighted by Gasteiger charge is -2.44. The zero-order valence-electron chi connectivity index (χ0n) is 19.2. The first kappa shape index (κ1) is 21.6. The number of aromatic nitrogens is 6. The Kier molecular flexibility index (Phi) is 6.34. The average Bonchev–Trinajstić information content (AvgIpc) is 3.28. The number of ether oxygens (including phenoxy) is 1. The van der Waals surface area contributed by atoms with E-state index in [1.807, 2.05) is 31.2 Å². The summed E-state index contributed by atoms with van der Waals surface area (Å²) in [4.78, 5) is 11.8. The maximum atomic E-state index is 5.46. The first-order valence-electron chi connectivity index (χ1n) is 11.7. The van der Waals surface area contributed by atoms with Gasteiger partial charge in [-0.05, 0) is 74.2 Å². The second-order valence-electron chi connectivity index (χ2n) is 8.83. The van der Waals surface area contributed by atoms with Crippen LogP contribution in [0, 0.1) is 12.8 Å². The lowest BCUT2D eigenvalue weighted by atomic mass is 9.83. The van der Waals surface area contributed by atoms with Crippen molar-refractivity contribution in [3.8, 4) is 11.4 Å². The monoisotopic (exact) mass is 449 g/mol. The van der Waals surface area contributed by atoms with Crippen LogP contribution in [-0.4, -0.2) is 67.9 Å². The highest BCUT2D eigenvalue weighted by atomic mass is 16.5. The van der Waals surface area contributed by atoms with Gasteiger partial charge in [-0.25, -0.2) is 4.98 Å². The molecule has 0 saturated carbocycles. The first-order chi connectivity index (χ1) is 16.2. The Hall–Kier alpha value is -3.27. The number of nitrogens with one attached hydrogen (secondary N) is 2. The van der Waals surface area contributed by atoms with Gasteiger partial charge in [0.25, 0.3) is 0 Å². The topological polar surface area (TPSA) is 106 Å². The smallest absolute Gasteiger partial charge is 0.229 e. The Morgan fingerprint density at radius 2 is 2.03 bits per heavy atom. The highest BCUT2D eigenvalue weighted by molar-refractivity contribution is 5.61. The molecule has 10 heteroatoms. The number of piperidine rings is 2. The van der Waals surface area contributed by atoms with Crippen molar-refractivity contribution in [1.82, 2.24) is 35.1 Å². The van der Waals surface area contributed by atoms with Crippen LogP contribution in [0.3, 0.4) is 0 Å². The highest BCUT2D eigenvalue weighted by Gasteiger charge is 2.32. The van der Waals surface area contributed by atoms with Crippen molar-refractivity contribution < 1.29 is 4.74 Å². The molecule has 0 aliphatic carbocycles. The van der Waals surface area contributed by atoms with Crippen LogP contribution in [0.4, 0.5) is 17.5 Å². The van der Waals surface area contributed by atoms with Crippen LogP contribution < -0.4 is 15.4 Å². The SMILES string of the molecule is COc1cc(Nc2nccc(NC[C@@H]3CCCN4CCCC[C@H]34)n2)cc(-n2nnnc2C)c1. The zero-order chi connectivity index (χ0) is 22.6. The standard InChI is InChI=1S/C23H31N9O/c1-16-28-29-30-32(16)19-12-18(13-20(14-19)33-2)26-23-24-9-8-22(27-23)25-15-17-6-5-11-31-10-4-3-7-21(17)31/h8-9,12-14,17,21H,3-7,10-11,15H2,1-2H3,(H2,24,25,26,27)/t17-,21+/m0/s1. The van der Waals surface area contributed by atoms with E-state index in [2.05, 4.69) is 41.0 Å². The summed E-state index contributed by atoms with van der Waals surface area (Å²) in [6.07, 6.45) is 8.37. The van der Waals surface area contributed by atoms with Gasteiger partial charge in [-0.1, -0.05) is 6.42 Å². The van der Waals surface area contributed by atoms with Crippen LogP contribution in [0.15, 0.2) is 30.5 Å². The largest absolute Gasteiger partial charge is 0.497 e. The molecule has 0 radical (unpaired) electrons. The van der Waals surface area contributed by atoms with E-state index in [4.69, 9.17) is 4.74 Å². The van der Waals surface area contributed by atoms with Crippen molar-refractivity contribution in [2.75, 3.05) is 37.4 Å². The van der Waals surface area contributed by atoms with Gasteiger partial charge in [-0.2, -0.15) is 9.67 Å². The third-order valence-corrected chi connectivity index (χ3v) is 6.68. The molecule has 0 spiro atoms.